The van der Waals surface area contributed by atoms with Crippen molar-refractivity contribution in [2.45, 2.75) is 20.0 Å². The van der Waals surface area contributed by atoms with Crippen molar-refractivity contribution in [1.82, 2.24) is 5.32 Å². The Balaban J connectivity index is 2.78. The molecule has 0 aliphatic carbocycles. The van der Waals surface area contributed by atoms with Crippen LogP contribution in [0.1, 0.15) is 24.2 Å². The molecule has 104 valence electrons. The van der Waals surface area contributed by atoms with E-state index in [1.807, 2.05) is 13.8 Å². The maximum atomic E-state index is 11.9. The molecule has 0 bridgehead atoms. The van der Waals surface area contributed by atoms with Crippen LogP contribution in [-0.2, 0) is 4.74 Å². The lowest BCUT2D eigenvalue weighted by Crippen LogP contribution is -2.32. The lowest BCUT2D eigenvalue weighted by molar-refractivity contribution is -0.384. The number of nitrogens with zero attached hydrogens (tertiary/aromatic N) is 1. The first-order valence-corrected chi connectivity index (χ1v) is 6.17. The Labute approximate surface area is 115 Å². The summed E-state index contributed by atoms with van der Waals surface area (Å²) >= 11 is 5.84. The minimum absolute atomic E-state index is 0.0829. The number of hydrogen-bond acceptors (Lipinski definition) is 4. The van der Waals surface area contributed by atoms with E-state index < -0.39 is 10.8 Å². The van der Waals surface area contributed by atoms with Crippen LogP contribution in [0, 0.1) is 10.1 Å². The molecule has 1 atom stereocenters. The van der Waals surface area contributed by atoms with Crippen molar-refractivity contribution in [2.24, 2.45) is 0 Å². The van der Waals surface area contributed by atoms with E-state index >= 15 is 0 Å². The van der Waals surface area contributed by atoms with Crippen molar-refractivity contribution >= 4 is 23.2 Å². The second-order valence-electron chi connectivity index (χ2n) is 3.87. The van der Waals surface area contributed by atoms with Gasteiger partial charge in [-0.3, -0.25) is 14.9 Å². The van der Waals surface area contributed by atoms with Crippen molar-refractivity contribution in [2.75, 3.05) is 13.2 Å². The van der Waals surface area contributed by atoms with E-state index in [0.717, 1.165) is 0 Å². The summed E-state index contributed by atoms with van der Waals surface area (Å²) in [5.74, 6) is -0.458. The van der Waals surface area contributed by atoms with E-state index in [1.165, 1.54) is 18.2 Å². The maximum Gasteiger partial charge on any atom is 0.288 e. The minimum atomic E-state index is -0.623. The predicted molar refractivity (Wildman–Crippen MR) is 71.5 cm³/mol. The molecule has 1 aromatic rings. The highest BCUT2D eigenvalue weighted by Crippen LogP contribution is 2.27. The number of nitro groups is 1. The third-order valence-electron chi connectivity index (χ3n) is 2.42. The zero-order valence-corrected chi connectivity index (χ0v) is 11.4. The normalized spacial score (nSPS) is 11.9. The molecule has 19 heavy (non-hydrogen) atoms. The first-order chi connectivity index (χ1) is 8.97. The zero-order chi connectivity index (χ0) is 14.4. The number of nitrogens with one attached hydrogen (secondary N) is 1. The number of rotatable bonds is 6. The van der Waals surface area contributed by atoms with Gasteiger partial charge in [-0.2, -0.15) is 0 Å². The maximum absolute atomic E-state index is 11.9. The summed E-state index contributed by atoms with van der Waals surface area (Å²) in [6.45, 7) is 4.54. The van der Waals surface area contributed by atoms with Gasteiger partial charge in [-0.15, -0.1) is 0 Å². The molecular formula is C12H15ClN2O4. The lowest BCUT2D eigenvalue weighted by atomic mass is 10.2. The van der Waals surface area contributed by atoms with Crippen LogP contribution in [0.25, 0.3) is 0 Å². The van der Waals surface area contributed by atoms with Crippen molar-refractivity contribution < 1.29 is 14.5 Å². The van der Waals surface area contributed by atoms with Crippen molar-refractivity contribution in [3.63, 3.8) is 0 Å². The Morgan fingerprint density at radius 2 is 2.26 bits per heavy atom. The number of carbonyl (C=O) groups is 1. The second-order valence-corrected chi connectivity index (χ2v) is 4.25. The summed E-state index contributed by atoms with van der Waals surface area (Å²) in [4.78, 5) is 22.0. The molecular weight excluding hydrogens is 272 g/mol. The number of benzene rings is 1. The average molecular weight is 287 g/mol. The molecule has 0 spiro atoms. The van der Waals surface area contributed by atoms with Crippen LogP contribution in [0.2, 0.25) is 5.02 Å². The monoisotopic (exact) mass is 286 g/mol. The number of halogens is 1. The van der Waals surface area contributed by atoms with E-state index in [-0.39, 0.29) is 22.4 Å². The van der Waals surface area contributed by atoms with Gasteiger partial charge in [0, 0.05) is 19.2 Å². The lowest BCUT2D eigenvalue weighted by Gasteiger charge is -2.13. The Kier molecular flexibility index (Phi) is 5.72. The summed E-state index contributed by atoms with van der Waals surface area (Å²) in [7, 11) is 0. The number of hydrogen-bond donors (Lipinski definition) is 1. The van der Waals surface area contributed by atoms with E-state index in [1.54, 1.807) is 0 Å². The van der Waals surface area contributed by atoms with Gasteiger partial charge in [0.2, 0.25) is 0 Å². The molecule has 0 aliphatic rings. The van der Waals surface area contributed by atoms with E-state index in [4.69, 9.17) is 16.3 Å². The molecule has 6 nitrogen and oxygen atoms in total. The van der Waals surface area contributed by atoms with Crippen LogP contribution in [0.3, 0.4) is 0 Å². The SMILES string of the molecule is CCOC(C)CNC(=O)c1cccc([N+](=O)[O-])c1Cl. The standard InChI is InChI=1S/C12H15ClN2O4/c1-3-19-8(2)7-14-12(16)9-5-4-6-10(11(9)13)15(17)18/h4-6,8H,3,7H2,1-2H3,(H,14,16). The van der Waals surface area contributed by atoms with Gasteiger partial charge in [0.05, 0.1) is 16.6 Å². The number of ether oxygens (including phenoxy) is 1. The molecule has 0 aromatic heterocycles. The molecule has 0 aliphatic heterocycles. The Morgan fingerprint density at radius 3 is 2.84 bits per heavy atom. The molecule has 1 unspecified atom stereocenters. The van der Waals surface area contributed by atoms with E-state index in [2.05, 4.69) is 5.32 Å². The summed E-state index contributed by atoms with van der Waals surface area (Å²) in [5, 5.41) is 13.2. The number of carbonyl (C=O) groups excluding carboxylic acids is 1. The largest absolute Gasteiger partial charge is 0.377 e. The molecule has 0 fully saturated rings. The van der Waals surface area contributed by atoms with Gasteiger partial charge in [-0.1, -0.05) is 17.7 Å². The first-order valence-electron chi connectivity index (χ1n) is 5.80. The molecule has 1 aromatic carbocycles. The fraction of sp³-hybridized carbons (Fsp3) is 0.417. The number of amides is 1. The van der Waals surface area contributed by atoms with Gasteiger partial charge in [-0.05, 0) is 19.9 Å². The fourth-order valence-corrected chi connectivity index (χ4v) is 1.79. The van der Waals surface area contributed by atoms with Crippen LogP contribution in [0.4, 0.5) is 5.69 Å². The topological polar surface area (TPSA) is 81.5 Å². The van der Waals surface area contributed by atoms with Crippen molar-refractivity contribution in [3.05, 3.63) is 38.9 Å². The summed E-state index contributed by atoms with van der Waals surface area (Å²) in [6.07, 6.45) is -0.133. The Bertz CT molecular complexity index is 479. The van der Waals surface area contributed by atoms with Crippen LogP contribution >= 0.6 is 11.6 Å². The molecule has 1 amide bonds. The van der Waals surface area contributed by atoms with Crippen LogP contribution in [0.5, 0.6) is 0 Å². The van der Waals surface area contributed by atoms with Gasteiger partial charge >= 0.3 is 0 Å². The van der Waals surface area contributed by atoms with Crippen molar-refractivity contribution in [1.29, 1.82) is 0 Å². The quantitative estimate of drug-likeness (QED) is 0.643. The molecule has 7 heteroatoms. The molecule has 0 saturated carbocycles. The van der Waals surface area contributed by atoms with Crippen LogP contribution in [0.15, 0.2) is 18.2 Å². The predicted octanol–water partition coefficient (Wildman–Crippen LogP) is 2.40. The zero-order valence-electron chi connectivity index (χ0n) is 10.7. The fourth-order valence-electron chi connectivity index (χ4n) is 1.51. The third-order valence-corrected chi connectivity index (χ3v) is 2.82. The summed E-state index contributed by atoms with van der Waals surface area (Å²) in [6, 6.07) is 4.11. The highest BCUT2D eigenvalue weighted by Gasteiger charge is 2.19. The smallest absolute Gasteiger partial charge is 0.288 e. The van der Waals surface area contributed by atoms with E-state index in [0.29, 0.717) is 13.2 Å². The first kappa shape index (κ1) is 15.4. The molecule has 0 heterocycles. The highest BCUT2D eigenvalue weighted by atomic mass is 35.5. The Hall–Kier alpha value is -1.66. The van der Waals surface area contributed by atoms with Crippen LogP contribution < -0.4 is 5.32 Å². The average Bonchev–Trinajstić information content (AvgIpc) is 2.36. The molecule has 0 radical (unpaired) electrons. The summed E-state index contributed by atoms with van der Waals surface area (Å²) < 4.78 is 5.26. The molecule has 1 N–H and O–H groups in total. The van der Waals surface area contributed by atoms with Gasteiger partial charge in [0.1, 0.15) is 5.02 Å². The summed E-state index contributed by atoms with van der Waals surface area (Å²) in [5.41, 5.74) is -0.202. The van der Waals surface area contributed by atoms with Gasteiger partial charge in [-0.25, -0.2) is 0 Å². The second kappa shape index (κ2) is 7.06. The third kappa shape index (κ3) is 4.18. The molecule has 0 saturated heterocycles. The highest BCUT2D eigenvalue weighted by molar-refractivity contribution is 6.35. The Morgan fingerprint density at radius 1 is 1.58 bits per heavy atom. The van der Waals surface area contributed by atoms with Crippen molar-refractivity contribution in [3.8, 4) is 0 Å². The van der Waals surface area contributed by atoms with Gasteiger partial charge < -0.3 is 10.1 Å². The van der Waals surface area contributed by atoms with Crippen LogP contribution in [-0.4, -0.2) is 30.1 Å². The van der Waals surface area contributed by atoms with E-state index in [9.17, 15) is 14.9 Å². The minimum Gasteiger partial charge on any atom is -0.377 e. The van der Waals surface area contributed by atoms with Gasteiger partial charge in [0.15, 0.2) is 0 Å². The van der Waals surface area contributed by atoms with Gasteiger partial charge in [0.25, 0.3) is 11.6 Å². The molecule has 1 rings (SSSR count). The number of nitro benzene ring substituents is 1.